The first-order chi connectivity index (χ1) is 15.0. The minimum atomic E-state index is -1.54. The molecule has 4 rings (SSSR count). The molecule has 0 spiro atoms. The summed E-state index contributed by atoms with van der Waals surface area (Å²) < 4.78 is 5.41. The molecule has 0 atom stereocenters. The Bertz CT molecular complexity index is 1130. The van der Waals surface area contributed by atoms with Gasteiger partial charge in [0.2, 0.25) is 0 Å². The van der Waals surface area contributed by atoms with Crippen LogP contribution in [0.25, 0.3) is 10.9 Å². The van der Waals surface area contributed by atoms with E-state index in [1.54, 1.807) is 17.0 Å². The average Bonchev–Trinajstić information content (AvgIpc) is 3.21. The molecule has 1 aromatic heterocycles. The summed E-state index contributed by atoms with van der Waals surface area (Å²) in [4.78, 5) is 41.1. The summed E-state index contributed by atoms with van der Waals surface area (Å²) in [5, 5.41) is 9.46. The lowest BCUT2D eigenvalue weighted by Gasteiger charge is -2.32. The van der Waals surface area contributed by atoms with E-state index < -0.39 is 11.8 Å². The van der Waals surface area contributed by atoms with Crippen LogP contribution in [0.3, 0.4) is 0 Å². The average molecular weight is 422 g/mol. The summed E-state index contributed by atoms with van der Waals surface area (Å²) in [5.41, 5.74) is 2.21. The third-order valence-corrected chi connectivity index (χ3v) is 5.94. The standard InChI is InChI=1S/C24H24N2O5.H2/c1-31-21-13-20-17(19(14-25-20)22(27)24(29)30)12-18(21)23(28)26-9-7-16(8-10-26)11-15-5-3-2-4-6-15;/h2-6,12-14,16,25H,7-11H2,1H3,(H,29,30);1H. The monoisotopic (exact) mass is 422 g/mol. The van der Waals surface area contributed by atoms with Crippen LogP contribution in [-0.2, 0) is 11.2 Å². The van der Waals surface area contributed by atoms with Gasteiger partial charge in [-0.25, -0.2) is 4.79 Å². The van der Waals surface area contributed by atoms with Crippen molar-refractivity contribution < 1.29 is 25.7 Å². The number of ether oxygens (including phenoxy) is 1. The van der Waals surface area contributed by atoms with Crippen LogP contribution < -0.4 is 4.74 Å². The summed E-state index contributed by atoms with van der Waals surface area (Å²) >= 11 is 0. The zero-order valence-electron chi connectivity index (χ0n) is 17.3. The molecule has 31 heavy (non-hydrogen) atoms. The highest BCUT2D eigenvalue weighted by atomic mass is 16.5. The number of hydrogen-bond donors (Lipinski definition) is 2. The second kappa shape index (κ2) is 8.63. The summed E-state index contributed by atoms with van der Waals surface area (Å²) in [6, 6.07) is 13.5. The van der Waals surface area contributed by atoms with Gasteiger partial charge in [0, 0.05) is 37.7 Å². The first-order valence-corrected chi connectivity index (χ1v) is 10.3. The molecule has 1 saturated heterocycles. The van der Waals surface area contributed by atoms with Crippen molar-refractivity contribution >= 4 is 28.6 Å². The number of ketones is 1. The van der Waals surface area contributed by atoms with Gasteiger partial charge in [-0.05, 0) is 36.8 Å². The normalized spacial score (nSPS) is 14.5. The lowest BCUT2D eigenvalue weighted by Crippen LogP contribution is -2.39. The van der Waals surface area contributed by atoms with Crippen LogP contribution in [0.2, 0.25) is 0 Å². The number of nitrogens with zero attached hydrogens (tertiary/aromatic N) is 1. The quantitative estimate of drug-likeness (QED) is 0.465. The Kier molecular flexibility index (Phi) is 5.75. The Morgan fingerprint density at radius 1 is 1.13 bits per heavy atom. The fourth-order valence-electron chi connectivity index (χ4n) is 4.25. The van der Waals surface area contributed by atoms with Crippen LogP contribution in [0, 0.1) is 5.92 Å². The number of carboxylic acid groups (broad SMARTS) is 1. The van der Waals surface area contributed by atoms with Gasteiger partial charge in [0.1, 0.15) is 5.75 Å². The van der Waals surface area contributed by atoms with Crippen molar-refractivity contribution in [1.82, 2.24) is 9.88 Å². The molecule has 1 fully saturated rings. The molecular weight excluding hydrogens is 396 g/mol. The molecule has 0 saturated carbocycles. The number of benzene rings is 2. The van der Waals surface area contributed by atoms with Gasteiger partial charge in [0.25, 0.3) is 11.7 Å². The van der Waals surface area contributed by atoms with E-state index >= 15 is 0 Å². The zero-order chi connectivity index (χ0) is 22.0. The molecule has 7 nitrogen and oxygen atoms in total. The second-order valence-electron chi connectivity index (χ2n) is 7.86. The maximum Gasteiger partial charge on any atom is 0.377 e. The van der Waals surface area contributed by atoms with Crippen LogP contribution in [0.1, 0.15) is 40.5 Å². The molecule has 1 aliphatic rings. The van der Waals surface area contributed by atoms with Gasteiger partial charge in [0.05, 0.1) is 18.2 Å². The SMILES string of the molecule is COc1cc2[nH]cc(C(=O)C(=O)O)c2cc1C(=O)N1CCC(Cc2ccccc2)CC1.[HH]. The van der Waals surface area contributed by atoms with Crippen molar-refractivity contribution in [3.8, 4) is 5.75 Å². The maximum atomic E-state index is 13.3. The number of methoxy groups -OCH3 is 1. The number of likely N-dealkylation sites (tertiary alicyclic amines) is 1. The molecule has 2 aromatic carbocycles. The molecule has 3 aromatic rings. The Labute approximate surface area is 181 Å². The topological polar surface area (TPSA) is 99.7 Å². The van der Waals surface area contributed by atoms with Gasteiger partial charge in [0.15, 0.2) is 0 Å². The van der Waals surface area contributed by atoms with Gasteiger partial charge < -0.3 is 19.7 Å². The highest BCUT2D eigenvalue weighted by Gasteiger charge is 2.27. The molecule has 1 aliphatic heterocycles. The highest BCUT2D eigenvalue weighted by Crippen LogP contribution is 2.31. The lowest BCUT2D eigenvalue weighted by molar-refractivity contribution is -0.131. The van der Waals surface area contributed by atoms with Gasteiger partial charge in [-0.15, -0.1) is 0 Å². The molecule has 0 unspecified atom stereocenters. The number of carboxylic acids is 1. The van der Waals surface area contributed by atoms with E-state index in [1.807, 2.05) is 18.2 Å². The predicted molar refractivity (Wildman–Crippen MR) is 118 cm³/mol. The predicted octanol–water partition coefficient (Wildman–Crippen LogP) is 3.78. The van der Waals surface area contributed by atoms with Gasteiger partial charge in [-0.2, -0.15) is 0 Å². The Hall–Kier alpha value is -3.61. The van der Waals surface area contributed by atoms with Crippen LogP contribution >= 0.6 is 0 Å². The minimum absolute atomic E-state index is 0. The van der Waals surface area contributed by atoms with E-state index in [-0.39, 0.29) is 12.9 Å². The van der Waals surface area contributed by atoms with Crippen molar-refractivity contribution in [1.29, 1.82) is 0 Å². The van der Waals surface area contributed by atoms with E-state index in [9.17, 15) is 14.4 Å². The second-order valence-corrected chi connectivity index (χ2v) is 7.86. The molecule has 2 N–H and O–H groups in total. The number of rotatable bonds is 6. The summed E-state index contributed by atoms with van der Waals surface area (Å²) in [6.45, 7) is 1.29. The maximum absolute atomic E-state index is 13.3. The van der Waals surface area contributed by atoms with E-state index in [2.05, 4.69) is 17.1 Å². The molecular formula is C24H26N2O5. The van der Waals surface area contributed by atoms with Crippen LogP contribution in [0.4, 0.5) is 0 Å². The smallest absolute Gasteiger partial charge is 0.377 e. The van der Waals surface area contributed by atoms with Crippen LogP contribution in [0.15, 0.2) is 48.7 Å². The molecule has 0 aliphatic carbocycles. The number of carbonyl (C=O) groups is 3. The van der Waals surface area contributed by atoms with Gasteiger partial charge in [-0.1, -0.05) is 30.3 Å². The third-order valence-electron chi connectivity index (χ3n) is 5.94. The number of H-pyrrole nitrogens is 1. The number of Topliss-reactive ketones (excluding diaryl/α,β-unsaturated/α-hetero) is 1. The Morgan fingerprint density at radius 2 is 1.84 bits per heavy atom. The summed E-state index contributed by atoms with van der Waals surface area (Å²) in [6.07, 6.45) is 4.18. The van der Waals surface area contributed by atoms with Crippen molar-refractivity contribution in [2.24, 2.45) is 5.92 Å². The van der Waals surface area contributed by atoms with Crippen molar-refractivity contribution in [2.45, 2.75) is 19.3 Å². The molecule has 2 heterocycles. The first-order valence-electron chi connectivity index (χ1n) is 10.3. The molecule has 1 amide bonds. The fourth-order valence-corrected chi connectivity index (χ4v) is 4.25. The number of fused-ring (bicyclic) bond motifs is 1. The number of aliphatic carboxylic acids is 1. The molecule has 7 heteroatoms. The largest absolute Gasteiger partial charge is 0.496 e. The summed E-state index contributed by atoms with van der Waals surface area (Å²) in [5.74, 6) is -1.81. The highest BCUT2D eigenvalue weighted by molar-refractivity contribution is 6.42. The van der Waals surface area contributed by atoms with Crippen LogP contribution in [0.5, 0.6) is 5.75 Å². The third kappa shape index (κ3) is 4.17. The number of amides is 1. The fraction of sp³-hybridized carbons (Fsp3) is 0.292. The first kappa shape index (κ1) is 20.7. The molecule has 0 bridgehead atoms. The van der Waals surface area contributed by atoms with Gasteiger partial charge >= 0.3 is 5.97 Å². The van der Waals surface area contributed by atoms with E-state index in [0.717, 1.165) is 19.3 Å². The number of aromatic nitrogens is 1. The van der Waals surface area contributed by atoms with E-state index in [0.29, 0.717) is 41.2 Å². The van der Waals surface area contributed by atoms with Crippen molar-refractivity contribution in [3.63, 3.8) is 0 Å². The Morgan fingerprint density at radius 3 is 2.48 bits per heavy atom. The zero-order valence-corrected chi connectivity index (χ0v) is 17.3. The number of carbonyl (C=O) groups excluding carboxylic acids is 2. The molecule has 162 valence electrons. The number of nitrogens with one attached hydrogen (secondary N) is 1. The lowest BCUT2D eigenvalue weighted by atomic mass is 9.90. The minimum Gasteiger partial charge on any atom is -0.496 e. The Balaban J connectivity index is 0.00000289. The summed E-state index contributed by atoms with van der Waals surface area (Å²) in [7, 11) is 1.48. The van der Waals surface area contributed by atoms with E-state index in [4.69, 9.17) is 9.84 Å². The number of hydrogen-bond acceptors (Lipinski definition) is 4. The number of aromatic amines is 1. The molecule has 0 radical (unpaired) electrons. The van der Waals surface area contributed by atoms with Crippen LogP contribution in [-0.4, -0.2) is 52.8 Å². The van der Waals surface area contributed by atoms with Crippen molar-refractivity contribution in [3.05, 3.63) is 65.4 Å². The van der Waals surface area contributed by atoms with E-state index in [1.165, 1.54) is 18.9 Å². The van der Waals surface area contributed by atoms with Crippen molar-refractivity contribution in [2.75, 3.05) is 20.2 Å². The van der Waals surface area contributed by atoms with Gasteiger partial charge in [-0.3, -0.25) is 9.59 Å². The number of piperidine rings is 1.